The Labute approximate surface area is 149 Å². The van der Waals surface area contributed by atoms with Gasteiger partial charge in [-0.25, -0.2) is 0 Å². The first-order chi connectivity index (χ1) is 12.0. The van der Waals surface area contributed by atoms with Crippen molar-refractivity contribution in [3.63, 3.8) is 0 Å². The molecule has 134 valence electrons. The van der Waals surface area contributed by atoms with Gasteiger partial charge in [-0.3, -0.25) is 0 Å². The number of nitrogens with zero attached hydrogens (tertiary/aromatic N) is 1. The third kappa shape index (κ3) is 3.50. The predicted octanol–water partition coefficient (Wildman–Crippen LogP) is 4.73. The zero-order valence-corrected chi connectivity index (χ0v) is 15.6. The zero-order chi connectivity index (χ0) is 18.0. The fourth-order valence-corrected chi connectivity index (χ4v) is 3.87. The summed E-state index contributed by atoms with van der Waals surface area (Å²) in [6.45, 7) is 5.89. The number of aryl methyl sites for hydroxylation is 2. The van der Waals surface area contributed by atoms with E-state index in [1.54, 1.807) is 0 Å². The number of hydrogen-bond donors (Lipinski definition) is 0. The third-order valence-electron chi connectivity index (χ3n) is 4.18. The molecule has 6 heteroatoms. The first-order valence-corrected chi connectivity index (χ1v) is 10.2. The van der Waals surface area contributed by atoms with Gasteiger partial charge in [0.2, 0.25) is 0 Å². The fourth-order valence-electron chi connectivity index (χ4n) is 2.91. The van der Waals surface area contributed by atoms with Crippen LogP contribution < -0.4 is 9.80 Å². The van der Waals surface area contributed by atoms with Crippen molar-refractivity contribution in [1.82, 2.24) is 0 Å². The molecule has 0 saturated heterocycles. The van der Waals surface area contributed by atoms with Crippen LogP contribution in [-0.2, 0) is 27.2 Å². The minimum absolute atomic E-state index is 0.0310. The fraction of sp³-hybridized carbons (Fsp3) is 0.368. The Morgan fingerprint density at radius 2 is 1.84 bits per heavy atom. The molecule has 1 heterocycles. The molecule has 0 amide bonds. The second-order valence-corrected chi connectivity index (χ2v) is 7.68. The van der Waals surface area contributed by atoms with Gasteiger partial charge in [0.1, 0.15) is 11.4 Å². The average Bonchev–Trinajstić information content (AvgIpc) is 2.60. The van der Waals surface area contributed by atoms with Crippen LogP contribution in [-0.4, -0.2) is 14.2 Å². The number of para-hydroxylation sites is 1. The Morgan fingerprint density at radius 1 is 1.04 bits per heavy atom. The number of hydrogen-bond acceptors (Lipinski definition) is 5. The van der Waals surface area contributed by atoms with Crippen molar-refractivity contribution in [2.75, 3.05) is 10.8 Å². The second-order valence-electron chi connectivity index (χ2n) is 6.01. The highest BCUT2D eigenvalue weighted by molar-refractivity contribution is 7.86. The Morgan fingerprint density at radius 3 is 2.52 bits per heavy atom. The van der Waals surface area contributed by atoms with Crippen molar-refractivity contribution >= 4 is 21.5 Å². The minimum atomic E-state index is -3.69. The standard InChI is InChI=1S/C19H23NO4S/c1-4-12-25(21,22)24-20-16-13-14(5-2)10-11-17(16)23-18-9-7-8-15(6-3)19(18)20/h7-11,13H,4-6,12H2,1-3H3. The van der Waals surface area contributed by atoms with E-state index in [0.717, 1.165) is 24.0 Å². The van der Waals surface area contributed by atoms with Crippen LogP contribution in [0.5, 0.6) is 11.5 Å². The molecule has 0 bridgehead atoms. The van der Waals surface area contributed by atoms with Gasteiger partial charge in [0.05, 0.1) is 5.75 Å². The lowest BCUT2D eigenvalue weighted by Gasteiger charge is -2.32. The average molecular weight is 361 g/mol. The van der Waals surface area contributed by atoms with E-state index >= 15 is 0 Å². The van der Waals surface area contributed by atoms with Gasteiger partial charge in [0.25, 0.3) is 10.1 Å². The molecule has 0 spiro atoms. The van der Waals surface area contributed by atoms with E-state index in [2.05, 4.69) is 6.92 Å². The zero-order valence-electron chi connectivity index (χ0n) is 14.8. The molecule has 0 atom stereocenters. The molecule has 3 rings (SSSR count). The van der Waals surface area contributed by atoms with Crippen LogP contribution in [0.3, 0.4) is 0 Å². The summed E-state index contributed by atoms with van der Waals surface area (Å²) < 4.78 is 36.3. The molecular weight excluding hydrogens is 338 g/mol. The van der Waals surface area contributed by atoms with E-state index in [9.17, 15) is 8.42 Å². The predicted molar refractivity (Wildman–Crippen MR) is 99.0 cm³/mol. The molecule has 0 unspecified atom stereocenters. The Kier molecular flexibility index (Phi) is 5.01. The Bertz CT molecular complexity index is 877. The lowest BCUT2D eigenvalue weighted by Crippen LogP contribution is -2.28. The molecule has 25 heavy (non-hydrogen) atoms. The summed E-state index contributed by atoms with van der Waals surface area (Å²) in [5.74, 6) is 1.16. The van der Waals surface area contributed by atoms with E-state index in [1.807, 2.05) is 50.2 Å². The van der Waals surface area contributed by atoms with Crippen LogP contribution in [0, 0.1) is 0 Å². The smallest absolute Gasteiger partial charge is 0.288 e. The van der Waals surface area contributed by atoms with E-state index in [0.29, 0.717) is 29.3 Å². The highest BCUT2D eigenvalue weighted by Gasteiger charge is 2.31. The molecule has 1 aliphatic heterocycles. The minimum Gasteiger partial charge on any atom is -0.453 e. The van der Waals surface area contributed by atoms with Gasteiger partial charge in [0.15, 0.2) is 11.5 Å². The van der Waals surface area contributed by atoms with Crippen LogP contribution in [0.4, 0.5) is 11.4 Å². The Hall–Kier alpha value is -2.05. The molecule has 0 saturated carbocycles. The van der Waals surface area contributed by atoms with Crippen molar-refractivity contribution < 1.29 is 17.4 Å². The first kappa shape index (κ1) is 17.8. The van der Waals surface area contributed by atoms with Crippen LogP contribution >= 0.6 is 0 Å². The van der Waals surface area contributed by atoms with Gasteiger partial charge in [-0.15, -0.1) is 4.28 Å². The topological polar surface area (TPSA) is 55.8 Å². The second kappa shape index (κ2) is 7.06. The van der Waals surface area contributed by atoms with Gasteiger partial charge in [-0.2, -0.15) is 13.5 Å². The summed E-state index contributed by atoms with van der Waals surface area (Å²) >= 11 is 0. The van der Waals surface area contributed by atoms with E-state index in [4.69, 9.17) is 9.02 Å². The lowest BCUT2D eigenvalue weighted by molar-refractivity contribution is 0.307. The van der Waals surface area contributed by atoms with Gasteiger partial charge in [0, 0.05) is 0 Å². The number of anilines is 2. The maximum atomic E-state index is 12.4. The SMILES string of the molecule is CCCS(=O)(=O)ON1c2cc(CC)ccc2Oc2cccc(CC)c21. The van der Waals surface area contributed by atoms with Crippen LogP contribution in [0.15, 0.2) is 36.4 Å². The molecule has 0 radical (unpaired) electrons. The summed E-state index contributed by atoms with van der Waals surface area (Å²) in [7, 11) is -3.69. The van der Waals surface area contributed by atoms with E-state index in [1.165, 1.54) is 5.06 Å². The van der Waals surface area contributed by atoms with Crippen molar-refractivity contribution in [3.05, 3.63) is 47.5 Å². The molecule has 2 aromatic carbocycles. The van der Waals surface area contributed by atoms with Gasteiger partial charge in [-0.05, 0) is 48.6 Å². The van der Waals surface area contributed by atoms with Crippen molar-refractivity contribution in [3.8, 4) is 11.5 Å². The highest BCUT2D eigenvalue weighted by Crippen LogP contribution is 2.49. The normalized spacial score (nSPS) is 13.2. The van der Waals surface area contributed by atoms with Crippen molar-refractivity contribution in [2.24, 2.45) is 0 Å². The highest BCUT2D eigenvalue weighted by atomic mass is 32.2. The van der Waals surface area contributed by atoms with Crippen molar-refractivity contribution in [2.45, 2.75) is 40.0 Å². The van der Waals surface area contributed by atoms with E-state index in [-0.39, 0.29) is 5.75 Å². The summed E-state index contributed by atoms with van der Waals surface area (Å²) in [6, 6.07) is 11.5. The van der Waals surface area contributed by atoms with Crippen LogP contribution in [0.2, 0.25) is 0 Å². The molecule has 0 fully saturated rings. The molecule has 2 aromatic rings. The monoisotopic (exact) mass is 361 g/mol. The van der Waals surface area contributed by atoms with Crippen LogP contribution in [0.1, 0.15) is 38.3 Å². The van der Waals surface area contributed by atoms with Gasteiger partial charge in [-0.1, -0.05) is 39.0 Å². The number of ether oxygens (including phenoxy) is 1. The molecule has 5 nitrogen and oxygen atoms in total. The quantitative estimate of drug-likeness (QED) is 0.745. The summed E-state index contributed by atoms with van der Waals surface area (Å²) in [5, 5.41) is 1.43. The maximum absolute atomic E-state index is 12.4. The third-order valence-corrected chi connectivity index (χ3v) is 5.46. The number of benzene rings is 2. The van der Waals surface area contributed by atoms with Gasteiger partial charge >= 0.3 is 0 Å². The molecular formula is C19H23NO4S. The maximum Gasteiger partial charge on any atom is 0.288 e. The number of rotatable bonds is 6. The number of fused-ring (bicyclic) bond motifs is 2. The van der Waals surface area contributed by atoms with E-state index < -0.39 is 10.1 Å². The Balaban J connectivity index is 2.17. The summed E-state index contributed by atoms with van der Waals surface area (Å²) in [6.07, 6.45) is 2.07. The lowest BCUT2D eigenvalue weighted by atomic mass is 10.1. The molecule has 0 aromatic heterocycles. The molecule has 0 N–H and O–H groups in total. The van der Waals surface area contributed by atoms with Gasteiger partial charge < -0.3 is 4.74 Å². The van der Waals surface area contributed by atoms with Crippen molar-refractivity contribution in [1.29, 1.82) is 0 Å². The first-order valence-electron chi connectivity index (χ1n) is 8.64. The largest absolute Gasteiger partial charge is 0.453 e. The van der Waals surface area contributed by atoms with Crippen LogP contribution in [0.25, 0.3) is 0 Å². The summed E-state index contributed by atoms with van der Waals surface area (Å²) in [4.78, 5) is 0. The summed E-state index contributed by atoms with van der Waals surface area (Å²) in [5.41, 5.74) is 3.33. The molecule has 1 aliphatic rings. The molecule has 0 aliphatic carbocycles.